The van der Waals surface area contributed by atoms with Crippen molar-refractivity contribution in [1.82, 2.24) is 5.32 Å². The summed E-state index contributed by atoms with van der Waals surface area (Å²) in [6.07, 6.45) is 8.89. The normalized spacial score (nSPS) is 36.3. The molecule has 1 N–H and O–H groups in total. The molecule has 11 heavy (non-hydrogen) atoms. The van der Waals surface area contributed by atoms with Crippen LogP contribution >= 0.6 is 0 Å². The quantitative estimate of drug-likeness (QED) is 0.563. The van der Waals surface area contributed by atoms with Gasteiger partial charge in [-0.25, -0.2) is 0 Å². The van der Waals surface area contributed by atoms with Gasteiger partial charge in [0.2, 0.25) is 0 Å². The van der Waals surface area contributed by atoms with Crippen molar-refractivity contribution < 1.29 is 0 Å². The van der Waals surface area contributed by atoms with Crippen LogP contribution in [0.5, 0.6) is 0 Å². The molecule has 0 radical (unpaired) electrons. The lowest BCUT2D eigenvalue weighted by atomic mass is 9.75. The Hall–Kier alpha value is -0.0400. The van der Waals surface area contributed by atoms with Crippen LogP contribution in [0.25, 0.3) is 0 Å². The van der Waals surface area contributed by atoms with Crippen molar-refractivity contribution in [3.8, 4) is 0 Å². The van der Waals surface area contributed by atoms with E-state index in [-0.39, 0.29) is 0 Å². The van der Waals surface area contributed by atoms with Crippen molar-refractivity contribution in [2.75, 3.05) is 6.54 Å². The first-order chi connectivity index (χ1) is 5.31. The molecule has 0 unspecified atom stereocenters. The molecule has 2 fully saturated rings. The van der Waals surface area contributed by atoms with Gasteiger partial charge in [-0.2, -0.15) is 0 Å². The van der Waals surface area contributed by atoms with Crippen LogP contribution in [0.4, 0.5) is 0 Å². The maximum atomic E-state index is 3.53. The summed E-state index contributed by atoms with van der Waals surface area (Å²) in [4.78, 5) is 0. The lowest BCUT2D eigenvalue weighted by molar-refractivity contribution is 0.177. The summed E-state index contributed by atoms with van der Waals surface area (Å²) in [7, 11) is 0. The zero-order valence-electron chi connectivity index (χ0n) is 7.53. The molecule has 1 nitrogen and oxygen atoms in total. The first kappa shape index (κ1) is 7.60. The predicted octanol–water partition coefficient (Wildman–Crippen LogP) is 2.32. The van der Waals surface area contributed by atoms with Gasteiger partial charge in [-0.15, -0.1) is 0 Å². The number of hydrogen-bond donors (Lipinski definition) is 1. The molecule has 1 saturated heterocycles. The molecule has 1 saturated carbocycles. The van der Waals surface area contributed by atoms with Crippen molar-refractivity contribution >= 4 is 0 Å². The second-order valence-electron chi connectivity index (χ2n) is 4.52. The van der Waals surface area contributed by atoms with Crippen LogP contribution < -0.4 is 5.32 Å². The molecule has 0 amide bonds. The minimum Gasteiger partial charge on any atom is -0.314 e. The molecule has 2 rings (SSSR count). The summed E-state index contributed by atoms with van der Waals surface area (Å²) >= 11 is 0. The Balaban J connectivity index is 2.00. The third-order valence-corrected chi connectivity index (χ3v) is 3.55. The summed E-state index contributed by atoms with van der Waals surface area (Å²) in [5, 5.41) is 3.53. The van der Waals surface area contributed by atoms with Gasteiger partial charge in [0.25, 0.3) is 0 Å². The molecule has 1 heteroatoms. The fourth-order valence-electron chi connectivity index (χ4n) is 2.99. The minimum absolute atomic E-state index is 0.779. The number of rotatable bonds is 0. The Morgan fingerprint density at radius 1 is 1.18 bits per heavy atom. The molecule has 64 valence electrons. The van der Waals surface area contributed by atoms with Gasteiger partial charge in [-0.3, -0.25) is 0 Å². The van der Waals surface area contributed by atoms with Crippen LogP contribution in [0.15, 0.2) is 0 Å². The van der Waals surface area contributed by atoms with Crippen LogP contribution in [0.1, 0.15) is 45.4 Å². The Morgan fingerprint density at radius 3 is 2.55 bits per heavy atom. The van der Waals surface area contributed by atoms with E-state index in [1.165, 1.54) is 45.1 Å². The minimum atomic E-state index is 0.779. The standard InChI is InChI=1S/C10H19N/c1-9-8-10(6-7-11-9)4-2-3-5-10/h9,11H,2-8H2,1H3/t9-/m0/s1. The molecular weight excluding hydrogens is 134 g/mol. The summed E-state index contributed by atoms with van der Waals surface area (Å²) in [6.45, 7) is 3.60. The average molecular weight is 153 g/mol. The smallest absolute Gasteiger partial charge is 0.00440 e. The van der Waals surface area contributed by atoms with E-state index in [1.807, 2.05) is 0 Å². The van der Waals surface area contributed by atoms with Gasteiger partial charge in [0, 0.05) is 6.04 Å². The Bertz CT molecular complexity index is 136. The highest BCUT2D eigenvalue weighted by atomic mass is 14.9. The zero-order chi connectivity index (χ0) is 7.73. The molecular formula is C10H19N. The molecule has 1 heterocycles. The van der Waals surface area contributed by atoms with E-state index in [1.54, 1.807) is 0 Å². The lowest BCUT2D eigenvalue weighted by Crippen LogP contribution is -2.41. The van der Waals surface area contributed by atoms with Crippen molar-refractivity contribution in [1.29, 1.82) is 0 Å². The van der Waals surface area contributed by atoms with Gasteiger partial charge < -0.3 is 5.32 Å². The molecule has 1 aliphatic heterocycles. The van der Waals surface area contributed by atoms with E-state index in [9.17, 15) is 0 Å². The average Bonchev–Trinajstić information content (AvgIpc) is 2.37. The first-order valence-corrected chi connectivity index (χ1v) is 5.04. The van der Waals surface area contributed by atoms with E-state index >= 15 is 0 Å². The van der Waals surface area contributed by atoms with E-state index in [0.717, 1.165) is 11.5 Å². The highest BCUT2D eigenvalue weighted by Crippen LogP contribution is 2.45. The fraction of sp³-hybridized carbons (Fsp3) is 1.00. The van der Waals surface area contributed by atoms with Gasteiger partial charge in [0.15, 0.2) is 0 Å². The molecule has 1 spiro atoms. The zero-order valence-corrected chi connectivity index (χ0v) is 7.53. The Kier molecular flexibility index (Phi) is 1.92. The summed E-state index contributed by atoms with van der Waals surface area (Å²) in [5.74, 6) is 0. The second kappa shape index (κ2) is 2.78. The summed E-state index contributed by atoms with van der Waals surface area (Å²) < 4.78 is 0. The molecule has 0 aromatic carbocycles. The largest absolute Gasteiger partial charge is 0.314 e. The van der Waals surface area contributed by atoms with Crippen LogP contribution in [0.2, 0.25) is 0 Å². The predicted molar refractivity (Wildman–Crippen MR) is 47.6 cm³/mol. The molecule has 0 aromatic rings. The lowest BCUT2D eigenvalue weighted by Gasteiger charge is -2.37. The first-order valence-electron chi connectivity index (χ1n) is 5.04. The second-order valence-corrected chi connectivity index (χ2v) is 4.52. The van der Waals surface area contributed by atoms with Crippen molar-refractivity contribution in [2.45, 2.75) is 51.5 Å². The van der Waals surface area contributed by atoms with Crippen LogP contribution in [-0.2, 0) is 0 Å². The maximum absolute atomic E-state index is 3.53. The number of hydrogen-bond acceptors (Lipinski definition) is 1. The highest BCUT2D eigenvalue weighted by Gasteiger charge is 2.36. The van der Waals surface area contributed by atoms with E-state index < -0.39 is 0 Å². The van der Waals surface area contributed by atoms with Crippen molar-refractivity contribution in [2.24, 2.45) is 5.41 Å². The van der Waals surface area contributed by atoms with Crippen molar-refractivity contribution in [3.63, 3.8) is 0 Å². The van der Waals surface area contributed by atoms with Gasteiger partial charge in [-0.05, 0) is 44.6 Å². The van der Waals surface area contributed by atoms with Gasteiger partial charge in [0.1, 0.15) is 0 Å². The van der Waals surface area contributed by atoms with Gasteiger partial charge >= 0.3 is 0 Å². The SMILES string of the molecule is C[C@H]1CC2(CCCC2)CCN1. The monoisotopic (exact) mass is 153 g/mol. The third kappa shape index (κ3) is 1.44. The Morgan fingerprint density at radius 2 is 1.91 bits per heavy atom. The van der Waals surface area contributed by atoms with E-state index in [4.69, 9.17) is 0 Å². The molecule has 2 aliphatic rings. The maximum Gasteiger partial charge on any atom is 0.00440 e. The molecule has 1 atom stereocenters. The van der Waals surface area contributed by atoms with Gasteiger partial charge in [0.05, 0.1) is 0 Å². The number of piperidine rings is 1. The summed E-state index contributed by atoms with van der Waals surface area (Å²) in [6, 6.07) is 0.779. The third-order valence-electron chi connectivity index (χ3n) is 3.55. The summed E-state index contributed by atoms with van der Waals surface area (Å²) in [5.41, 5.74) is 0.782. The topological polar surface area (TPSA) is 12.0 Å². The van der Waals surface area contributed by atoms with E-state index in [2.05, 4.69) is 12.2 Å². The number of nitrogens with one attached hydrogen (secondary N) is 1. The fourth-order valence-corrected chi connectivity index (χ4v) is 2.99. The molecule has 0 aromatic heterocycles. The van der Waals surface area contributed by atoms with Crippen molar-refractivity contribution in [3.05, 3.63) is 0 Å². The molecule has 0 bridgehead atoms. The molecule has 1 aliphatic carbocycles. The van der Waals surface area contributed by atoms with Gasteiger partial charge in [-0.1, -0.05) is 12.8 Å². The van der Waals surface area contributed by atoms with Crippen LogP contribution in [-0.4, -0.2) is 12.6 Å². The van der Waals surface area contributed by atoms with Crippen LogP contribution in [0.3, 0.4) is 0 Å². The van der Waals surface area contributed by atoms with E-state index in [0.29, 0.717) is 0 Å². The highest BCUT2D eigenvalue weighted by molar-refractivity contribution is 4.91. The van der Waals surface area contributed by atoms with Crippen LogP contribution in [0, 0.1) is 5.41 Å². The Labute approximate surface area is 69.6 Å².